The Bertz CT molecular complexity index is 857. The van der Waals surface area contributed by atoms with Crippen LogP contribution in [-0.2, 0) is 11.3 Å². The van der Waals surface area contributed by atoms with Gasteiger partial charge in [-0.15, -0.1) is 0 Å². The van der Waals surface area contributed by atoms with Crippen LogP contribution in [0.5, 0.6) is 0 Å². The van der Waals surface area contributed by atoms with E-state index in [1.54, 1.807) is 35.0 Å². The highest BCUT2D eigenvalue weighted by atomic mass is 35.5. The molecule has 1 N–H and O–H groups in total. The van der Waals surface area contributed by atoms with Crippen LogP contribution in [-0.4, -0.2) is 10.5 Å². The summed E-state index contributed by atoms with van der Waals surface area (Å²) in [6.07, 6.45) is 1.77. The minimum atomic E-state index is -0.288. The van der Waals surface area contributed by atoms with E-state index in [2.05, 4.69) is 5.32 Å². The van der Waals surface area contributed by atoms with Gasteiger partial charge in [-0.05, 0) is 48.9 Å². The number of carbonyl (C=O) groups is 1. The average molecular weight is 317 g/mol. The second-order valence-electron chi connectivity index (χ2n) is 5.11. The molecule has 1 aromatic heterocycles. The van der Waals surface area contributed by atoms with Gasteiger partial charge in [0, 0.05) is 27.8 Å². The van der Waals surface area contributed by atoms with E-state index in [4.69, 9.17) is 11.6 Å². The van der Waals surface area contributed by atoms with Crippen LogP contribution in [0.3, 0.4) is 0 Å². The first-order chi connectivity index (χ1) is 10.5. The van der Waals surface area contributed by atoms with Gasteiger partial charge in [0.05, 0.1) is 0 Å². The number of hydrogen-bond donors (Lipinski definition) is 1. The fourth-order valence-electron chi connectivity index (χ4n) is 2.40. The van der Waals surface area contributed by atoms with Crippen molar-refractivity contribution in [3.63, 3.8) is 0 Å². The first-order valence-corrected chi connectivity index (χ1v) is 7.22. The van der Waals surface area contributed by atoms with E-state index in [0.717, 1.165) is 16.5 Å². The molecular weight excluding hydrogens is 303 g/mol. The summed E-state index contributed by atoms with van der Waals surface area (Å²) >= 11 is 6.04. The number of rotatable bonds is 3. The molecule has 0 spiro atoms. The number of fused-ring (bicyclic) bond motifs is 1. The van der Waals surface area contributed by atoms with E-state index in [1.165, 1.54) is 12.1 Å². The molecule has 0 atom stereocenters. The lowest BCUT2D eigenvalue weighted by Crippen LogP contribution is -2.18. The maximum Gasteiger partial charge on any atom is 0.244 e. The number of nitrogens with zero attached hydrogens (tertiary/aromatic N) is 1. The third kappa shape index (κ3) is 2.83. The van der Waals surface area contributed by atoms with E-state index in [0.29, 0.717) is 10.7 Å². The van der Waals surface area contributed by atoms with E-state index >= 15 is 0 Å². The molecule has 0 unspecified atom stereocenters. The van der Waals surface area contributed by atoms with Crippen LogP contribution in [0.25, 0.3) is 10.9 Å². The number of aromatic nitrogens is 1. The first kappa shape index (κ1) is 14.6. The number of anilines is 1. The Morgan fingerprint density at radius 1 is 1.27 bits per heavy atom. The number of halogens is 2. The lowest BCUT2D eigenvalue weighted by molar-refractivity contribution is -0.116. The van der Waals surface area contributed by atoms with Crippen molar-refractivity contribution in [2.45, 2.75) is 13.5 Å². The molecule has 2 aromatic carbocycles. The smallest absolute Gasteiger partial charge is 0.244 e. The molecule has 0 bridgehead atoms. The van der Waals surface area contributed by atoms with Crippen LogP contribution >= 0.6 is 11.6 Å². The molecule has 0 aliphatic rings. The Morgan fingerprint density at radius 3 is 2.91 bits per heavy atom. The second kappa shape index (κ2) is 5.81. The molecule has 0 saturated heterocycles. The van der Waals surface area contributed by atoms with Gasteiger partial charge in [0.2, 0.25) is 5.91 Å². The van der Waals surface area contributed by atoms with Gasteiger partial charge >= 0.3 is 0 Å². The van der Waals surface area contributed by atoms with Crippen molar-refractivity contribution in [1.82, 2.24) is 4.57 Å². The number of hydrogen-bond acceptors (Lipinski definition) is 1. The van der Waals surface area contributed by atoms with E-state index in [-0.39, 0.29) is 18.3 Å². The lowest BCUT2D eigenvalue weighted by atomic mass is 10.2. The average Bonchev–Trinajstić information content (AvgIpc) is 2.86. The quantitative estimate of drug-likeness (QED) is 0.764. The zero-order valence-electron chi connectivity index (χ0n) is 11.9. The fraction of sp³-hybridized carbons (Fsp3) is 0.118. The first-order valence-electron chi connectivity index (χ1n) is 6.84. The van der Waals surface area contributed by atoms with Crippen LogP contribution in [0.2, 0.25) is 5.02 Å². The van der Waals surface area contributed by atoms with Gasteiger partial charge < -0.3 is 9.88 Å². The van der Waals surface area contributed by atoms with Crippen molar-refractivity contribution in [3.05, 3.63) is 65.1 Å². The normalized spacial score (nSPS) is 10.9. The molecule has 5 heteroatoms. The summed E-state index contributed by atoms with van der Waals surface area (Å²) in [5, 5.41) is 4.23. The van der Waals surface area contributed by atoms with Gasteiger partial charge in [-0.25, -0.2) is 4.39 Å². The number of benzene rings is 2. The molecule has 0 radical (unpaired) electrons. The third-order valence-corrected chi connectivity index (χ3v) is 4.00. The molecule has 112 valence electrons. The zero-order chi connectivity index (χ0) is 15.7. The number of amides is 1. The number of carbonyl (C=O) groups excluding carboxylic acids is 1. The summed E-state index contributed by atoms with van der Waals surface area (Å²) in [4.78, 5) is 12.2. The topological polar surface area (TPSA) is 34.0 Å². The Morgan fingerprint density at radius 2 is 2.09 bits per heavy atom. The Kier molecular flexibility index (Phi) is 3.86. The van der Waals surface area contributed by atoms with Gasteiger partial charge in [0.15, 0.2) is 0 Å². The largest absolute Gasteiger partial charge is 0.338 e. The monoisotopic (exact) mass is 316 g/mol. The summed E-state index contributed by atoms with van der Waals surface area (Å²) in [6.45, 7) is 2.01. The lowest BCUT2D eigenvalue weighted by Gasteiger charge is -2.10. The third-order valence-electron chi connectivity index (χ3n) is 3.59. The van der Waals surface area contributed by atoms with Gasteiger partial charge in [-0.1, -0.05) is 17.7 Å². The van der Waals surface area contributed by atoms with Crippen LogP contribution in [0.4, 0.5) is 10.1 Å². The van der Waals surface area contributed by atoms with Crippen molar-refractivity contribution in [3.8, 4) is 0 Å². The van der Waals surface area contributed by atoms with Crippen molar-refractivity contribution >= 4 is 34.1 Å². The van der Waals surface area contributed by atoms with Gasteiger partial charge in [-0.2, -0.15) is 0 Å². The minimum absolute atomic E-state index is 0.154. The van der Waals surface area contributed by atoms with Crippen molar-refractivity contribution < 1.29 is 9.18 Å². The number of nitrogens with one attached hydrogen (secondary N) is 1. The van der Waals surface area contributed by atoms with Gasteiger partial charge in [-0.3, -0.25) is 4.79 Å². The van der Waals surface area contributed by atoms with Gasteiger partial charge in [0.1, 0.15) is 12.4 Å². The van der Waals surface area contributed by atoms with E-state index in [1.807, 2.05) is 13.0 Å². The van der Waals surface area contributed by atoms with Crippen molar-refractivity contribution in [2.75, 3.05) is 5.32 Å². The van der Waals surface area contributed by atoms with Gasteiger partial charge in [0.25, 0.3) is 0 Å². The molecule has 3 rings (SSSR count). The highest BCUT2D eigenvalue weighted by Crippen LogP contribution is 2.23. The molecule has 22 heavy (non-hydrogen) atoms. The maximum atomic E-state index is 13.2. The predicted octanol–water partition coefficient (Wildman–Crippen LogP) is 4.38. The highest BCUT2D eigenvalue weighted by Gasteiger charge is 2.09. The van der Waals surface area contributed by atoms with Crippen LogP contribution in [0.15, 0.2) is 48.7 Å². The van der Waals surface area contributed by atoms with Crippen LogP contribution in [0, 0.1) is 12.7 Å². The molecule has 3 aromatic rings. The maximum absolute atomic E-state index is 13.2. The van der Waals surface area contributed by atoms with Crippen LogP contribution in [0.1, 0.15) is 5.56 Å². The molecule has 0 fully saturated rings. The standard InChI is InChI=1S/C17H14ClFN2O/c1-11-14(18)3-2-4-15(11)20-17(22)10-21-8-7-12-9-13(19)5-6-16(12)21/h2-9H,10H2,1H3,(H,20,22). The molecule has 0 aliphatic carbocycles. The summed E-state index contributed by atoms with van der Waals surface area (Å²) in [5.41, 5.74) is 2.34. The van der Waals surface area contributed by atoms with Crippen LogP contribution < -0.4 is 5.32 Å². The fourth-order valence-corrected chi connectivity index (χ4v) is 2.57. The summed E-state index contributed by atoms with van der Waals surface area (Å²) in [6, 6.07) is 11.7. The van der Waals surface area contributed by atoms with E-state index in [9.17, 15) is 9.18 Å². The van der Waals surface area contributed by atoms with E-state index < -0.39 is 0 Å². The molecule has 1 heterocycles. The molecule has 3 nitrogen and oxygen atoms in total. The Balaban J connectivity index is 1.80. The van der Waals surface area contributed by atoms with Crippen molar-refractivity contribution in [2.24, 2.45) is 0 Å². The summed E-state index contributed by atoms with van der Waals surface area (Å²) in [7, 11) is 0. The molecule has 0 saturated carbocycles. The Labute approximate surface area is 132 Å². The predicted molar refractivity (Wildman–Crippen MR) is 86.7 cm³/mol. The Hall–Kier alpha value is -2.33. The molecule has 0 aliphatic heterocycles. The highest BCUT2D eigenvalue weighted by molar-refractivity contribution is 6.31. The minimum Gasteiger partial charge on any atom is -0.338 e. The molecule has 1 amide bonds. The summed E-state index contributed by atoms with van der Waals surface area (Å²) in [5.74, 6) is -0.448. The SMILES string of the molecule is Cc1c(Cl)cccc1NC(=O)Cn1ccc2cc(F)ccc21. The summed E-state index contributed by atoms with van der Waals surface area (Å²) < 4.78 is 15.0. The van der Waals surface area contributed by atoms with Crippen molar-refractivity contribution in [1.29, 1.82) is 0 Å². The second-order valence-corrected chi connectivity index (χ2v) is 5.51. The molecular formula is C17H14ClFN2O. The zero-order valence-corrected chi connectivity index (χ0v) is 12.7.